The van der Waals surface area contributed by atoms with Crippen LogP contribution in [0.3, 0.4) is 0 Å². The first-order valence-corrected chi connectivity index (χ1v) is 21.2. The summed E-state index contributed by atoms with van der Waals surface area (Å²) in [5.74, 6) is -1.67. The zero-order chi connectivity index (χ0) is 48.1. The minimum absolute atomic E-state index is 0.827. The Morgan fingerprint density at radius 3 is 1.67 bits per heavy atom. The molecule has 64 heavy (non-hydrogen) atoms. The van der Waals surface area contributed by atoms with Crippen LogP contribution in [0.4, 0.5) is 0 Å². The molecule has 4 aliphatic rings. The van der Waals surface area contributed by atoms with E-state index in [0.29, 0.717) is 0 Å². The van der Waals surface area contributed by atoms with Crippen molar-refractivity contribution in [1.29, 1.82) is 0 Å². The molecule has 0 aliphatic carbocycles. The molecule has 30 heteroatoms. The van der Waals surface area contributed by atoms with Gasteiger partial charge in [0.15, 0.2) is 25.2 Å². The largest absolute Gasteiger partial charge is 0.397 e. The smallest absolute Gasteiger partial charge is 0.394 e. The second-order valence-corrected chi connectivity index (χ2v) is 16.8. The number of carbonyl (C=O) groups excluding carboxylic acids is 2. The molecule has 0 aromatic carbocycles. The second kappa shape index (κ2) is 23.3. The first kappa shape index (κ1) is 54.6. The molecule has 0 radical (unpaired) electrons. The van der Waals surface area contributed by atoms with E-state index in [1.165, 1.54) is 13.8 Å². The highest BCUT2D eigenvalue weighted by molar-refractivity contribution is 7.80. The predicted octanol–water partition coefficient (Wildman–Crippen LogP) is -10.1. The summed E-state index contributed by atoms with van der Waals surface area (Å²) in [5, 5.41) is 143. The van der Waals surface area contributed by atoms with E-state index in [9.17, 15) is 88.9 Å². The van der Waals surface area contributed by atoms with E-state index in [1.807, 2.05) is 0 Å². The van der Waals surface area contributed by atoms with E-state index >= 15 is 0 Å². The fourth-order valence-electron chi connectivity index (χ4n) is 7.34. The molecule has 2 amide bonds. The van der Waals surface area contributed by atoms with Crippen molar-refractivity contribution < 1.29 is 131 Å². The van der Waals surface area contributed by atoms with Gasteiger partial charge in [-0.25, -0.2) is 4.18 Å². The molecule has 0 spiro atoms. The number of hydrogen-bond donors (Lipinski definition) is 16. The molecule has 0 bridgehead atoms. The van der Waals surface area contributed by atoms with Crippen LogP contribution in [0.1, 0.15) is 27.7 Å². The van der Waals surface area contributed by atoms with Crippen molar-refractivity contribution in [2.45, 2.75) is 175 Å². The molecule has 16 N–H and O–H groups in total. The number of aliphatic hydroxyl groups excluding tert-OH is 13. The molecule has 4 rings (SSSR count). The minimum atomic E-state index is -5.19. The molecule has 4 heterocycles. The summed E-state index contributed by atoms with van der Waals surface area (Å²) in [4.78, 5) is 24.7. The molecule has 0 unspecified atom stereocenters. The lowest BCUT2D eigenvalue weighted by molar-refractivity contribution is -0.373. The minimum Gasteiger partial charge on any atom is -0.394 e. The Balaban J connectivity index is 1.64. The Kier molecular flexibility index (Phi) is 19.9. The number of nitrogens with one attached hydrogen (secondary N) is 2. The van der Waals surface area contributed by atoms with E-state index in [2.05, 4.69) is 14.8 Å². The number of amides is 2. The maximum absolute atomic E-state index is 12.4. The topological polar surface area (TPSA) is 459 Å². The van der Waals surface area contributed by atoms with Crippen LogP contribution in [0, 0.1) is 0 Å². The summed E-state index contributed by atoms with van der Waals surface area (Å²) >= 11 is 0. The summed E-state index contributed by atoms with van der Waals surface area (Å²) in [5.41, 5.74) is 0. The SMILES string of the molecule is CC(=O)N[C@H]1[C@H](OC[C@@H](O)[C@H](O)[C@H](O[C@@H]2O[C@H](CO)[C@H](O)[C@H](O)[C@H]2O[C@@H]2O[C@@H](C)[C@@H](O)[C@@H](O)[C@@H]2O)[C@H](CO)NC(C)=O)O[C@H](COS(=O)(=O)O)[C@@H](O)[C@@H]1O[C@@H]1O[C@@H](C)[C@@H](O)[C@@H](O)[C@@H]1O. The van der Waals surface area contributed by atoms with Crippen LogP contribution in [0.15, 0.2) is 0 Å². The fraction of sp³-hybridized carbons (Fsp3) is 0.941. The Morgan fingerprint density at radius 2 is 1.19 bits per heavy atom. The van der Waals surface area contributed by atoms with Crippen LogP contribution in [-0.4, -0.2) is 265 Å². The Morgan fingerprint density at radius 1 is 0.656 bits per heavy atom. The zero-order valence-electron chi connectivity index (χ0n) is 34.7. The summed E-state index contributed by atoms with van der Waals surface area (Å²) in [6.45, 7) is 0.332. The van der Waals surface area contributed by atoms with Crippen LogP contribution in [0.2, 0.25) is 0 Å². The van der Waals surface area contributed by atoms with Gasteiger partial charge in [-0.1, -0.05) is 0 Å². The van der Waals surface area contributed by atoms with Gasteiger partial charge in [0.2, 0.25) is 11.8 Å². The monoisotopic (exact) mass is 960 g/mol. The number of aliphatic hydroxyl groups is 13. The van der Waals surface area contributed by atoms with Crippen molar-refractivity contribution in [2.24, 2.45) is 0 Å². The summed E-state index contributed by atoms with van der Waals surface area (Å²) in [7, 11) is -5.19. The number of ether oxygens (including phenoxy) is 8. The molecular weight excluding hydrogens is 900 g/mol. The molecule has 24 atom stereocenters. The van der Waals surface area contributed by atoms with E-state index in [-0.39, 0.29) is 0 Å². The highest BCUT2D eigenvalue weighted by Crippen LogP contribution is 2.33. The second-order valence-electron chi connectivity index (χ2n) is 15.7. The molecule has 29 nitrogen and oxygen atoms in total. The van der Waals surface area contributed by atoms with Gasteiger partial charge in [-0.3, -0.25) is 14.1 Å². The molecule has 4 fully saturated rings. The molecule has 0 saturated carbocycles. The van der Waals surface area contributed by atoms with Crippen molar-refractivity contribution in [3.05, 3.63) is 0 Å². The van der Waals surface area contributed by atoms with Crippen molar-refractivity contribution in [1.82, 2.24) is 10.6 Å². The maximum atomic E-state index is 12.4. The molecule has 0 aromatic rings. The molecule has 374 valence electrons. The van der Waals surface area contributed by atoms with Crippen LogP contribution in [0.5, 0.6) is 0 Å². The number of carbonyl (C=O) groups is 2. The molecule has 4 aliphatic heterocycles. The van der Waals surface area contributed by atoms with Crippen molar-refractivity contribution in [3.63, 3.8) is 0 Å². The van der Waals surface area contributed by atoms with Gasteiger partial charge in [0.1, 0.15) is 104 Å². The third-order valence-electron chi connectivity index (χ3n) is 10.9. The lowest BCUT2D eigenvalue weighted by atomic mass is 9.95. The summed E-state index contributed by atoms with van der Waals surface area (Å²) in [6, 6.07) is -3.38. The van der Waals surface area contributed by atoms with Gasteiger partial charge in [-0.15, -0.1) is 0 Å². The van der Waals surface area contributed by atoms with Crippen molar-refractivity contribution in [2.75, 3.05) is 26.4 Å². The average Bonchev–Trinajstić information content (AvgIpc) is 3.22. The first-order valence-electron chi connectivity index (χ1n) is 19.9. The van der Waals surface area contributed by atoms with Gasteiger partial charge in [0, 0.05) is 13.8 Å². The van der Waals surface area contributed by atoms with Crippen LogP contribution >= 0.6 is 0 Å². The Bertz CT molecular complexity index is 1600. The molecule has 0 aromatic heterocycles. The number of hydrogen-bond acceptors (Lipinski definition) is 26. The van der Waals surface area contributed by atoms with E-state index < -0.39 is 196 Å². The normalized spacial score (nSPS) is 42.8. The Labute approximate surface area is 364 Å². The maximum Gasteiger partial charge on any atom is 0.397 e. The van der Waals surface area contributed by atoms with Crippen molar-refractivity contribution in [3.8, 4) is 0 Å². The summed E-state index contributed by atoms with van der Waals surface area (Å²) in [6.07, 6.45) is -40.9. The van der Waals surface area contributed by atoms with Gasteiger partial charge < -0.3 is 115 Å². The van der Waals surface area contributed by atoms with Gasteiger partial charge in [-0.05, 0) is 13.8 Å². The van der Waals surface area contributed by atoms with Crippen molar-refractivity contribution >= 4 is 22.2 Å². The van der Waals surface area contributed by atoms with Gasteiger partial charge in [0.05, 0.1) is 44.7 Å². The standard InChI is InChI=1S/C34H60N2O27S/c1-9-18(42)23(47)26(50)32(57-9)62-29-17(36-12(4)40)31(60-16(22(29)46)8-56-64(52,53)54)55-7-14(41)20(44)28(13(5-37)35-11(3)39)61-34-30(25(49)21(45)15(6-38)59-34)63-33-27(51)24(48)19(43)10(2)58-33/h9-10,13-34,37-38,41-51H,5-8H2,1-4H3,(H,35,39)(H,36,40)(H,52,53,54)/t9-,10-,13-,14+,15+,16+,17+,18+,19+,20-,21-,22+,23+,24+,25-,26-,27-,28+,29+,30+,31+,32-,33-,34-/m0/s1. The van der Waals surface area contributed by atoms with Gasteiger partial charge >= 0.3 is 10.4 Å². The highest BCUT2D eigenvalue weighted by Gasteiger charge is 2.54. The number of rotatable bonds is 19. The van der Waals surface area contributed by atoms with E-state index in [1.54, 1.807) is 0 Å². The van der Waals surface area contributed by atoms with Gasteiger partial charge in [-0.2, -0.15) is 8.42 Å². The first-order chi connectivity index (χ1) is 29.8. The van der Waals surface area contributed by atoms with Crippen LogP contribution < -0.4 is 10.6 Å². The van der Waals surface area contributed by atoms with Gasteiger partial charge in [0.25, 0.3) is 0 Å². The summed E-state index contributed by atoms with van der Waals surface area (Å²) < 4.78 is 81.7. The lowest BCUT2D eigenvalue weighted by Gasteiger charge is -2.47. The third kappa shape index (κ3) is 13.4. The average molecular weight is 961 g/mol. The molecule has 4 saturated heterocycles. The predicted molar refractivity (Wildman–Crippen MR) is 200 cm³/mol. The highest BCUT2D eigenvalue weighted by atomic mass is 32.3. The molecular formula is C34H60N2O27S. The third-order valence-corrected chi connectivity index (χ3v) is 11.3. The van der Waals surface area contributed by atoms with Crippen LogP contribution in [-0.2, 0) is 62.1 Å². The van der Waals surface area contributed by atoms with E-state index in [0.717, 1.165) is 13.8 Å². The van der Waals surface area contributed by atoms with Crippen LogP contribution in [0.25, 0.3) is 0 Å². The quantitative estimate of drug-likeness (QED) is 0.0535. The zero-order valence-corrected chi connectivity index (χ0v) is 35.5. The van der Waals surface area contributed by atoms with E-state index in [4.69, 9.17) is 37.9 Å². The fourth-order valence-corrected chi connectivity index (χ4v) is 7.65. The Hall–Kier alpha value is -2.03. The lowest BCUT2D eigenvalue weighted by Crippen LogP contribution is -2.68.